The first kappa shape index (κ1) is 19.4. The molecule has 0 radical (unpaired) electrons. The first-order chi connectivity index (χ1) is 11.4. The maximum Gasteiger partial charge on any atom is 0.324 e. The number of nitrogens with one attached hydrogen (secondary N) is 1. The minimum atomic E-state index is -0.903. The van der Waals surface area contributed by atoms with Crippen molar-refractivity contribution in [3.05, 3.63) is 46.0 Å². The van der Waals surface area contributed by atoms with E-state index in [1.54, 1.807) is 20.8 Å². The molecule has 138 valence electrons. The molecule has 1 aliphatic heterocycles. The maximum atomic E-state index is 12.8. The second-order valence-electron chi connectivity index (χ2n) is 8.73. The van der Waals surface area contributed by atoms with Crippen molar-refractivity contribution in [2.24, 2.45) is 11.3 Å². The number of nitrogens with zero attached hydrogens (tertiary/aromatic N) is 1. The molecule has 4 atom stereocenters. The fourth-order valence-electron chi connectivity index (χ4n) is 3.60. The Balaban J connectivity index is 2.45. The molecule has 4 unspecified atom stereocenters. The lowest BCUT2D eigenvalue weighted by molar-refractivity contribution is -0.535. The van der Waals surface area contributed by atoms with Crippen molar-refractivity contribution in [2.75, 3.05) is 0 Å². The summed E-state index contributed by atoms with van der Waals surface area (Å²) >= 11 is 0. The van der Waals surface area contributed by atoms with Crippen LogP contribution in [0.2, 0.25) is 0 Å². The van der Waals surface area contributed by atoms with Crippen LogP contribution in [0.4, 0.5) is 0 Å². The molecule has 0 bridgehead atoms. The van der Waals surface area contributed by atoms with Crippen LogP contribution < -0.4 is 5.32 Å². The third-order valence-electron chi connectivity index (χ3n) is 4.49. The summed E-state index contributed by atoms with van der Waals surface area (Å²) in [6.07, 6.45) is 0. The van der Waals surface area contributed by atoms with E-state index in [0.717, 1.165) is 5.56 Å². The smallest absolute Gasteiger partial charge is 0.324 e. The summed E-state index contributed by atoms with van der Waals surface area (Å²) in [7, 11) is 0. The van der Waals surface area contributed by atoms with E-state index < -0.39 is 41.0 Å². The third kappa shape index (κ3) is 4.37. The van der Waals surface area contributed by atoms with E-state index in [1.165, 1.54) is 0 Å². The van der Waals surface area contributed by atoms with Crippen molar-refractivity contribution in [3.63, 3.8) is 0 Å². The van der Waals surface area contributed by atoms with Gasteiger partial charge in [0.1, 0.15) is 17.7 Å². The molecule has 1 heterocycles. The van der Waals surface area contributed by atoms with Gasteiger partial charge in [-0.25, -0.2) is 0 Å². The Labute approximate surface area is 149 Å². The standard InChI is InChI=1S/C19H28N2O4/c1-18(2,3)13-15(17(22)25-19(4,5)6)20-14(16(13)21(23)24)12-10-8-7-9-11-12/h7-11,13-16,20H,1-6H3. The predicted octanol–water partition coefficient (Wildman–Crippen LogP) is 3.35. The summed E-state index contributed by atoms with van der Waals surface area (Å²) in [6, 6.07) is 7.11. The molecule has 0 aliphatic carbocycles. The van der Waals surface area contributed by atoms with Gasteiger partial charge >= 0.3 is 5.97 Å². The summed E-state index contributed by atoms with van der Waals surface area (Å²) in [4.78, 5) is 24.4. The maximum absolute atomic E-state index is 12.8. The second kappa shape index (κ2) is 6.75. The average molecular weight is 348 g/mol. The average Bonchev–Trinajstić information content (AvgIpc) is 2.87. The van der Waals surface area contributed by atoms with Gasteiger partial charge in [0.2, 0.25) is 6.04 Å². The number of hydrogen-bond acceptors (Lipinski definition) is 5. The highest BCUT2D eigenvalue weighted by atomic mass is 16.6. The van der Waals surface area contributed by atoms with E-state index in [4.69, 9.17) is 4.74 Å². The zero-order valence-electron chi connectivity index (χ0n) is 15.8. The Bertz CT molecular complexity index is 631. The van der Waals surface area contributed by atoms with Crippen LogP contribution in [0.25, 0.3) is 0 Å². The fraction of sp³-hybridized carbons (Fsp3) is 0.632. The molecule has 1 aromatic rings. The molecular weight excluding hydrogens is 320 g/mol. The first-order valence-corrected chi connectivity index (χ1v) is 8.59. The molecule has 0 amide bonds. The number of ether oxygens (including phenoxy) is 1. The van der Waals surface area contributed by atoms with Gasteiger partial charge < -0.3 is 4.74 Å². The Morgan fingerprint density at radius 3 is 2.12 bits per heavy atom. The van der Waals surface area contributed by atoms with Crippen molar-refractivity contribution in [3.8, 4) is 0 Å². The Morgan fingerprint density at radius 2 is 1.68 bits per heavy atom. The van der Waals surface area contributed by atoms with Crippen molar-refractivity contribution < 1.29 is 14.5 Å². The van der Waals surface area contributed by atoms with E-state index in [-0.39, 0.29) is 4.92 Å². The lowest BCUT2D eigenvalue weighted by Crippen LogP contribution is -2.46. The molecule has 1 aromatic carbocycles. The van der Waals surface area contributed by atoms with Gasteiger partial charge in [-0.2, -0.15) is 0 Å². The van der Waals surface area contributed by atoms with Gasteiger partial charge in [-0.15, -0.1) is 0 Å². The Kier molecular flexibility index (Phi) is 5.23. The predicted molar refractivity (Wildman–Crippen MR) is 95.7 cm³/mol. The van der Waals surface area contributed by atoms with Gasteiger partial charge in [-0.05, 0) is 31.7 Å². The number of esters is 1. The van der Waals surface area contributed by atoms with Crippen LogP contribution in [-0.2, 0) is 9.53 Å². The van der Waals surface area contributed by atoms with Crippen LogP contribution in [0.1, 0.15) is 53.1 Å². The molecule has 1 saturated heterocycles. The highest BCUT2D eigenvalue weighted by Crippen LogP contribution is 2.43. The molecular formula is C19H28N2O4. The molecule has 0 spiro atoms. The van der Waals surface area contributed by atoms with Crippen LogP contribution in [0, 0.1) is 21.4 Å². The minimum absolute atomic E-state index is 0.259. The molecule has 0 saturated carbocycles. The first-order valence-electron chi connectivity index (χ1n) is 8.59. The lowest BCUT2D eigenvalue weighted by atomic mass is 9.73. The van der Waals surface area contributed by atoms with E-state index in [1.807, 2.05) is 51.1 Å². The largest absolute Gasteiger partial charge is 0.459 e. The van der Waals surface area contributed by atoms with E-state index in [2.05, 4.69) is 5.32 Å². The van der Waals surface area contributed by atoms with Crippen LogP contribution in [0.15, 0.2) is 30.3 Å². The van der Waals surface area contributed by atoms with E-state index in [9.17, 15) is 14.9 Å². The van der Waals surface area contributed by atoms with Crippen LogP contribution in [0.3, 0.4) is 0 Å². The van der Waals surface area contributed by atoms with E-state index in [0.29, 0.717) is 0 Å². The van der Waals surface area contributed by atoms with Crippen molar-refractivity contribution in [1.82, 2.24) is 5.32 Å². The highest BCUT2D eigenvalue weighted by Gasteiger charge is 2.58. The summed E-state index contributed by atoms with van der Waals surface area (Å²) < 4.78 is 5.54. The number of hydrogen-bond donors (Lipinski definition) is 1. The number of carbonyl (C=O) groups excluding carboxylic acids is 1. The number of carbonyl (C=O) groups is 1. The summed E-state index contributed by atoms with van der Waals surface area (Å²) in [5.74, 6) is -0.916. The van der Waals surface area contributed by atoms with Gasteiger partial charge in [0, 0.05) is 4.92 Å². The summed E-state index contributed by atoms with van der Waals surface area (Å²) in [5.41, 5.74) is -0.268. The zero-order chi connectivity index (χ0) is 19.0. The summed E-state index contributed by atoms with van der Waals surface area (Å²) in [5, 5.41) is 15.1. The molecule has 6 nitrogen and oxygen atoms in total. The van der Waals surface area contributed by atoms with Crippen LogP contribution in [-0.4, -0.2) is 28.6 Å². The lowest BCUT2D eigenvalue weighted by Gasteiger charge is -2.32. The van der Waals surface area contributed by atoms with E-state index >= 15 is 0 Å². The third-order valence-corrected chi connectivity index (χ3v) is 4.49. The highest BCUT2D eigenvalue weighted by molar-refractivity contribution is 5.77. The van der Waals surface area contributed by atoms with Gasteiger partial charge in [-0.3, -0.25) is 20.2 Å². The molecule has 1 aliphatic rings. The fourth-order valence-corrected chi connectivity index (χ4v) is 3.60. The number of rotatable bonds is 3. The second-order valence-corrected chi connectivity index (χ2v) is 8.73. The normalized spacial score (nSPS) is 27.1. The Morgan fingerprint density at radius 1 is 1.12 bits per heavy atom. The van der Waals surface area contributed by atoms with Gasteiger partial charge in [0.15, 0.2) is 0 Å². The molecule has 2 rings (SSSR count). The monoisotopic (exact) mass is 348 g/mol. The van der Waals surface area contributed by atoms with Crippen LogP contribution >= 0.6 is 0 Å². The Hall–Kier alpha value is -1.95. The molecule has 25 heavy (non-hydrogen) atoms. The topological polar surface area (TPSA) is 81.5 Å². The quantitative estimate of drug-likeness (QED) is 0.515. The van der Waals surface area contributed by atoms with Gasteiger partial charge in [-0.1, -0.05) is 51.1 Å². The van der Waals surface area contributed by atoms with Crippen molar-refractivity contribution in [2.45, 2.75) is 65.3 Å². The van der Waals surface area contributed by atoms with Crippen LogP contribution in [0.5, 0.6) is 0 Å². The summed E-state index contributed by atoms with van der Waals surface area (Å²) in [6.45, 7) is 11.2. The number of nitro groups is 1. The minimum Gasteiger partial charge on any atom is -0.459 e. The molecule has 1 fully saturated rings. The number of benzene rings is 1. The molecule has 0 aromatic heterocycles. The molecule has 6 heteroatoms. The SMILES string of the molecule is CC(C)(C)OC(=O)C1NC(c2ccccc2)C([N+](=O)[O-])C1C(C)(C)C. The van der Waals surface area contributed by atoms with Crippen molar-refractivity contribution >= 4 is 5.97 Å². The van der Waals surface area contributed by atoms with Gasteiger partial charge in [0.05, 0.1) is 5.92 Å². The van der Waals surface area contributed by atoms with Gasteiger partial charge in [0.25, 0.3) is 0 Å². The van der Waals surface area contributed by atoms with Crippen molar-refractivity contribution in [1.29, 1.82) is 0 Å². The molecule has 1 N–H and O–H groups in total. The zero-order valence-corrected chi connectivity index (χ0v) is 15.8.